The van der Waals surface area contributed by atoms with E-state index in [0.717, 1.165) is 24.7 Å². The highest BCUT2D eigenvalue weighted by Gasteiger charge is 2.60. The van der Waals surface area contributed by atoms with Gasteiger partial charge in [-0.05, 0) is 51.4 Å². The molecule has 3 unspecified atom stereocenters. The first kappa shape index (κ1) is 14.4. The third-order valence-electron chi connectivity index (χ3n) is 6.25. The van der Waals surface area contributed by atoms with Gasteiger partial charge >= 0.3 is 5.97 Å². The summed E-state index contributed by atoms with van der Waals surface area (Å²) in [6, 6.07) is 0. The van der Waals surface area contributed by atoms with Gasteiger partial charge in [-0.2, -0.15) is 0 Å². The standard InChI is InChI=1S/C17H28O3/c1-10-6-7-13-12(10)8-14-15(19-11(2)18)9-17(13,5)20-16(14,3)4/h10,12-15H,6-9H2,1-5H3/t10-,12?,13?,14?,15+,17-/m1/s1. The van der Waals surface area contributed by atoms with E-state index in [1.165, 1.54) is 19.8 Å². The molecular weight excluding hydrogens is 252 g/mol. The van der Waals surface area contributed by atoms with Gasteiger partial charge in [0.1, 0.15) is 6.10 Å². The van der Waals surface area contributed by atoms with Crippen molar-refractivity contribution in [1.29, 1.82) is 0 Å². The number of rotatable bonds is 1. The molecule has 2 saturated heterocycles. The van der Waals surface area contributed by atoms with Crippen LogP contribution in [0.3, 0.4) is 0 Å². The van der Waals surface area contributed by atoms with Gasteiger partial charge in [0.15, 0.2) is 0 Å². The van der Waals surface area contributed by atoms with Crippen molar-refractivity contribution in [2.45, 2.75) is 77.6 Å². The molecule has 0 spiro atoms. The van der Waals surface area contributed by atoms with Crippen molar-refractivity contribution < 1.29 is 14.3 Å². The van der Waals surface area contributed by atoms with Crippen molar-refractivity contribution in [3.63, 3.8) is 0 Å². The second kappa shape index (κ2) is 4.46. The Hall–Kier alpha value is -0.570. The third kappa shape index (κ3) is 2.09. The molecule has 3 nitrogen and oxygen atoms in total. The molecule has 2 heterocycles. The van der Waals surface area contributed by atoms with Crippen LogP contribution in [0.4, 0.5) is 0 Å². The van der Waals surface area contributed by atoms with Crippen molar-refractivity contribution >= 4 is 5.97 Å². The van der Waals surface area contributed by atoms with Crippen molar-refractivity contribution in [3.8, 4) is 0 Å². The minimum Gasteiger partial charge on any atom is -0.462 e. The van der Waals surface area contributed by atoms with Gasteiger partial charge in [-0.3, -0.25) is 4.79 Å². The second-order valence-corrected chi connectivity index (χ2v) is 8.04. The lowest BCUT2D eigenvalue weighted by Gasteiger charge is -2.50. The van der Waals surface area contributed by atoms with E-state index < -0.39 is 0 Å². The van der Waals surface area contributed by atoms with E-state index in [-0.39, 0.29) is 23.3 Å². The zero-order valence-electron chi connectivity index (χ0n) is 13.4. The summed E-state index contributed by atoms with van der Waals surface area (Å²) in [7, 11) is 0. The van der Waals surface area contributed by atoms with E-state index in [1.807, 2.05) is 0 Å². The number of carbonyl (C=O) groups excluding carboxylic acids is 1. The lowest BCUT2D eigenvalue weighted by atomic mass is 9.76. The Kier molecular flexibility index (Phi) is 3.20. The monoisotopic (exact) mass is 280 g/mol. The molecule has 0 aromatic heterocycles. The second-order valence-electron chi connectivity index (χ2n) is 8.04. The van der Waals surface area contributed by atoms with Gasteiger partial charge in [-0.1, -0.05) is 13.3 Å². The van der Waals surface area contributed by atoms with Gasteiger partial charge in [0, 0.05) is 19.3 Å². The lowest BCUT2D eigenvalue weighted by molar-refractivity contribution is -0.236. The van der Waals surface area contributed by atoms with Crippen molar-refractivity contribution in [2.75, 3.05) is 0 Å². The van der Waals surface area contributed by atoms with E-state index in [1.54, 1.807) is 0 Å². The van der Waals surface area contributed by atoms with Gasteiger partial charge in [0.2, 0.25) is 0 Å². The molecule has 4 rings (SSSR count). The number of hydrogen-bond acceptors (Lipinski definition) is 3. The molecule has 0 aromatic rings. The van der Waals surface area contributed by atoms with E-state index in [9.17, 15) is 4.79 Å². The average Bonchev–Trinajstić information content (AvgIpc) is 2.55. The first-order valence-electron chi connectivity index (χ1n) is 8.10. The third-order valence-corrected chi connectivity index (χ3v) is 6.25. The van der Waals surface area contributed by atoms with Gasteiger partial charge < -0.3 is 9.47 Å². The van der Waals surface area contributed by atoms with Crippen molar-refractivity contribution in [3.05, 3.63) is 0 Å². The fourth-order valence-corrected chi connectivity index (χ4v) is 5.42. The van der Waals surface area contributed by atoms with E-state index in [0.29, 0.717) is 11.8 Å². The summed E-state index contributed by atoms with van der Waals surface area (Å²) in [4.78, 5) is 11.5. The summed E-state index contributed by atoms with van der Waals surface area (Å²) >= 11 is 0. The topological polar surface area (TPSA) is 35.5 Å². The quantitative estimate of drug-likeness (QED) is 0.689. The van der Waals surface area contributed by atoms with Crippen molar-refractivity contribution in [1.82, 2.24) is 0 Å². The molecule has 114 valence electrons. The van der Waals surface area contributed by atoms with Crippen LogP contribution in [-0.4, -0.2) is 23.3 Å². The van der Waals surface area contributed by atoms with Crippen LogP contribution in [0.5, 0.6) is 0 Å². The Balaban J connectivity index is 1.98. The summed E-state index contributed by atoms with van der Waals surface area (Å²) in [5, 5.41) is 0. The van der Waals surface area contributed by atoms with Gasteiger partial charge in [0.25, 0.3) is 0 Å². The molecule has 20 heavy (non-hydrogen) atoms. The van der Waals surface area contributed by atoms with Crippen molar-refractivity contribution in [2.24, 2.45) is 23.7 Å². The Labute approximate surface area is 122 Å². The zero-order valence-corrected chi connectivity index (χ0v) is 13.4. The molecular formula is C17H28O3. The summed E-state index contributed by atoms with van der Waals surface area (Å²) in [6.45, 7) is 10.5. The molecule has 3 heteroatoms. The largest absolute Gasteiger partial charge is 0.462 e. The predicted octanol–water partition coefficient (Wildman–Crippen LogP) is 3.56. The number of esters is 1. The summed E-state index contributed by atoms with van der Waals surface area (Å²) in [5.41, 5.74) is -0.330. The molecule has 4 fully saturated rings. The van der Waals surface area contributed by atoms with Crippen LogP contribution in [-0.2, 0) is 14.3 Å². The SMILES string of the molecule is CC(=O)O[C@H]1C[C@@]2(C)OC(C)(C)C1CC1C2CC[C@H]1C. The van der Waals surface area contributed by atoms with E-state index >= 15 is 0 Å². The maximum absolute atomic E-state index is 11.5. The van der Waals surface area contributed by atoms with Gasteiger partial charge in [0.05, 0.1) is 11.2 Å². The smallest absolute Gasteiger partial charge is 0.302 e. The number of fused-ring (bicyclic) bond motifs is 2. The molecule has 2 aliphatic carbocycles. The maximum atomic E-state index is 11.5. The Morgan fingerprint density at radius 2 is 1.90 bits per heavy atom. The summed E-state index contributed by atoms with van der Waals surface area (Å²) in [6.07, 6.45) is 4.62. The molecule has 4 aliphatic rings. The highest BCUT2D eigenvalue weighted by molar-refractivity contribution is 5.66. The first-order valence-corrected chi connectivity index (χ1v) is 8.10. The number of hydrogen-bond donors (Lipinski definition) is 0. The number of ether oxygens (including phenoxy) is 2. The van der Waals surface area contributed by atoms with Crippen LogP contribution in [0.25, 0.3) is 0 Å². The average molecular weight is 280 g/mol. The minimum atomic E-state index is -0.197. The fourth-order valence-electron chi connectivity index (χ4n) is 5.42. The molecule has 0 N–H and O–H groups in total. The Morgan fingerprint density at radius 3 is 2.55 bits per heavy atom. The zero-order chi connectivity index (χ0) is 14.7. The minimum absolute atomic E-state index is 0.0269. The van der Waals surface area contributed by atoms with E-state index in [2.05, 4.69) is 27.7 Å². The van der Waals surface area contributed by atoms with Crippen LogP contribution in [0.2, 0.25) is 0 Å². The highest BCUT2D eigenvalue weighted by Crippen LogP contribution is 2.58. The number of carbonyl (C=O) groups is 1. The maximum Gasteiger partial charge on any atom is 0.302 e. The molecule has 0 aromatic carbocycles. The van der Waals surface area contributed by atoms with Gasteiger partial charge in [-0.25, -0.2) is 0 Å². The summed E-state index contributed by atoms with van der Waals surface area (Å²) < 4.78 is 12.3. The van der Waals surface area contributed by atoms with Crippen LogP contribution in [0.15, 0.2) is 0 Å². The molecule has 2 saturated carbocycles. The Morgan fingerprint density at radius 1 is 1.20 bits per heavy atom. The van der Waals surface area contributed by atoms with Gasteiger partial charge in [-0.15, -0.1) is 0 Å². The highest BCUT2D eigenvalue weighted by atomic mass is 16.6. The first-order chi connectivity index (χ1) is 9.23. The molecule has 0 amide bonds. The molecule has 2 aliphatic heterocycles. The van der Waals surface area contributed by atoms with Crippen LogP contribution < -0.4 is 0 Å². The molecule has 0 radical (unpaired) electrons. The normalized spacial score (nSPS) is 49.5. The van der Waals surface area contributed by atoms with Crippen LogP contribution in [0.1, 0.15) is 60.3 Å². The lowest BCUT2D eigenvalue weighted by Crippen LogP contribution is -2.56. The Bertz CT molecular complexity index is 416. The van der Waals surface area contributed by atoms with Crippen LogP contribution >= 0.6 is 0 Å². The predicted molar refractivity (Wildman–Crippen MR) is 77.2 cm³/mol. The van der Waals surface area contributed by atoms with Crippen LogP contribution in [0, 0.1) is 23.7 Å². The van der Waals surface area contributed by atoms with E-state index in [4.69, 9.17) is 9.47 Å². The summed E-state index contributed by atoms with van der Waals surface area (Å²) in [5.74, 6) is 2.31. The fraction of sp³-hybridized carbons (Fsp3) is 0.941. The molecule has 6 atom stereocenters. The molecule has 2 bridgehead atoms.